The van der Waals surface area contributed by atoms with Crippen molar-refractivity contribution in [3.8, 4) is 6.07 Å². The molecule has 0 bridgehead atoms. The highest BCUT2D eigenvalue weighted by atomic mass is 16.5. The summed E-state index contributed by atoms with van der Waals surface area (Å²) < 4.78 is 5.50. The largest absolute Gasteiger partial charge is 0.444 e. The number of rotatable bonds is 5. The zero-order valence-corrected chi connectivity index (χ0v) is 14.3. The number of hydrogen-bond donors (Lipinski definition) is 1. The van der Waals surface area contributed by atoms with Gasteiger partial charge in [-0.25, -0.2) is 4.79 Å². The van der Waals surface area contributed by atoms with Gasteiger partial charge in [0.2, 0.25) is 6.10 Å². The summed E-state index contributed by atoms with van der Waals surface area (Å²) in [5.74, 6) is -1.14. The normalized spacial score (nSPS) is 11.1. The Labute approximate surface area is 156 Å². The van der Waals surface area contributed by atoms with Crippen LogP contribution in [0.25, 0.3) is 0 Å². The number of carbonyl (C=O) groups excluding carboxylic acids is 2. The summed E-state index contributed by atoms with van der Waals surface area (Å²) in [4.78, 5) is 25.3. The van der Waals surface area contributed by atoms with Crippen LogP contribution in [-0.4, -0.2) is 11.9 Å². The molecule has 3 rings (SSSR count). The van der Waals surface area contributed by atoms with Crippen LogP contribution in [0.5, 0.6) is 0 Å². The fourth-order valence-electron chi connectivity index (χ4n) is 2.52. The van der Waals surface area contributed by atoms with Gasteiger partial charge in [0.05, 0.1) is 17.2 Å². The van der Waals surface area contributed by atoms with E-state index >= 15 is 0 Å². The maximum Gasteiger partial charge on any atom is 0.339 e. The second-order valence-electron chi connectivity index (χ2n) is 5.74. The number of ether oxygens (including phenoxy) is 1. The van der Waals surface area contributed by atoms with E-state index in [0.717, 1.165) is 0 Å². The van der Waals surface area contributed by atoms with E-state index in [4.69, 9.17) is 10.00 Å². The minimum atomic E-state index is -1.12. The van der Waals surface area contributed by atoms with Gasteiger partial charge in [0.15, 0.2) is 0 Å². The van der Waals surface area contributed by atoms with Gasteiger partial charge in [-0.1, -0.05) is 54.6 Å². The van der Waals surface area contributed by atoms with Crippen LogP contribution in [0, 0.1) is 11.3 Å². The summed E-state index contributed by atoms with van der Waals surface area (Å²) in [6, 6.07) is 25.8. The Morgan fingerprint density at radius 1 is 0.889 bits per heavy atom. The second-order valence-corrected chi connectivity index (χ2v) is 5.74. The standard InChI is InChI=1S/C22H16N2O3/c23-15-16-8-7-11-18(14-16)22(26)27-20(17-9-3-1-4-10-17)21(25)24-19-12-5-2-6-13-19/h1-14,20H,(H,24,25). The van der Waals surface area contributed by atoms with E-state index < -0.39 is 18.0 Å². The van der Waals surface area contributed by atoms with Crippen molar-refractivity contribution in [1.29, 1.82) is 5.26 Å². The van der Waals surface area contributed by atoms with E-state index in [1.54, 1.807) is 66.7 Å². The highest BCUT2D eigenvalue weighted by Gasteiger charge is 2.25. The van der Waals surface area contributed by atoms with Crippen LogP contribution >= 0.6 is 0 Å². The number of hydrogen-bond acceptors (Lipinski definition) is 4. The number of anilines is 1. The van der Waals surface area contributed by atoms with Crippen molar-refractivity contribution in [2.24, 2.45) is 0 Å². The van der Waals surface area contributed by atoms with E-state index in [1.165, 1.54) is 6.07 Å². The number of carbonyl (C=O) groups is 2. The van der Waals surface area contributed by atoms with Gasteiger partial charge in [-0.05, 0) is 30.3 Å². The predicted molar refractivity (Wildman–Crippen MR) is 101 cm³/mol. The summed E-state index contributed by atoms with van der Waals surface area (Å²) in [7, 11) is 0. The van der Waals surface area contributed by atoms with Crippen molar-refractivity contribution >= 4 is 17.6 Å². The van der Waals surface area contributed by atoms with E-state index in [9.17, 15) is 9.59 Å². The van der Waals surface area contributed by atoms with Crippen molar-refractivity contribution in [3.63, 3.8) is 0 Å². The number of esters is 1. The van der Waals surface area contributed by atoms with Crippen molar-refractivity contribution in [1.82, 2.24) is 0 Å². The molecule has 27 heavy (non-hydrogen) atoms. The molecule has 1 N–H and O–H groups in total. The lowest BCUT2D eigenvalue weighted by Gasteiger charge is -2.18. The monoisotopic (exact) mass is 356 g/mol. The van der Waals surface area contributed by atoms with E-state index in [0.29, 0.717) is 16.8 Å². The molecule has 0 radical (unpaired) electrons. The molecule has 0 heterocycles. The Kier molecular flexibility index (Phi) is 5.60. The Morgan fingerprint density at radius 2 is 1.56 bits per heavy atom. The fraction of sp³-hybridized carbons (Fsp3) is 0.0455. The van der Waals surface area contributed by atoms with Gasteiger partial charge in [0.1, 0.15) is 0 Å². The molecule has 1 amide bonds. The predicted octanol–water partition coefficient (Wildman–Crippen LogP) is 4.10. The molecule has 3 aromatic rings. The molecule has 0 aliphatic carbocycles. The van der Waals surface area contributed by atoms with Crippen LogP contribution < -0.4 is 5.32 Å². The summed E-state index contributed by atoms with van der Waals surface area (Å²) >= 11 is 0. The molecule has 132 valence electrons. The minimum absolute atomic E-state index is 0.211. The van der Waals surface area contributed by atoms with Crippen LogP contribution in [0.2, 0.25) is 0 Å². The number of nitrogens with one attached hydrogen (secondary N) is 1. The molecule has 5 nitrogen and oxygen atoms in total. The van der Waals surface area contributed by atoms with E-state index in [2.05, 4.69) is 5.32 Å². The molecule has 0 spiro atoms. The van der Waals surface area contributed by atoms with Crippen LogP contribution in [0.4, 0.5) is 5.69 Å². The Morgan fingerprint density at radius 3 is 2.22 bits per heavy atom. The molecule has 0 saturated heterocycles. The van der Waals surface area contributed by atoms with Crippen molar-refractivity contribution < 1.29 is 14.3 Å². The number of nitriles is 1. The third-order valence-corrected chi connectivity index (χ3v) is 3.83. The maximum absolute atomic E-state index is 12.8. The third kappa shape index (κ3) is 4.59. The average molecular weight is 356 g/mol. The first kappa shape index (κ1) is 17.9. The van der Waals surface area contributed by atoms with Crippen molar-refractivity contribution in [2.75, 3.05) is 5.32 Å². The van der Waals surface area contributed by atoms with Gasteiger partial charge >= 0.3 is 5.97 Å². The molecule has 0 aromatic heterocycles. The van der Waals surface area contributed by atoms with Gasteiger partial charge in [0, 0.05) is 11.3 Å². The van der Waals surface area contributed by atoms with Gasteiger partial charge < -0.3 is 10.1 Å². The van der Waals surface area contributed by atoms with E-state index in [1.807, 2.05) is 18.2 Å². The highest BCUT2D eigenvalue weighted by molar-refractivity contribution is 5.98. The quantitative estimate of drug-likeness (QED) is 0.698. The molecule has 1 unspecified atom stereocenters. The molecule has 5 heteroatoms. The summed E-state index contributed by atoms with van der Waals surface area (Å²) in [6.07, 6.45) is -1.12. The second kappa shape index (κ2) is 8.45. The Hall–Kier alpha value is -3.91. The van der Waals surface area contributed by atoms with Crippen molar-refractivity contribution in [3.05, 3.63) is 102 Å². The summed E-state index contributed by atoms with van der Waals surface area (Å²) in [5.41, 5.74) is 1.71. The summed E-state index contributed by atoms with van der Waals surface area (Å²) in [6.45, 7) is 0. The molecule has 3 aromatic carbocycles. The number of benzene rings is 3. The lowest BCUT2D eigenvalue weighted by atomic mass is 10.1. The molecule has 0 saturated carbocycles. The zero-order valence-electron chi connectivity index (χ0n) is 14.3. The lowest BCUT2D eigenvalue weighted by molar-refractivity contribution is -0.125. The number of amides is 1. The summed E-state index contributed by atoms with van der Waals surface area (Å²) in [5, 5.41) is 11.7. The Bertz CT molecular complexity index is 979. The van der Waals surface area contributed by atoms with Crippen LogP contribution in [0.15, 0.2) is 84.9 Å². The third-order valence-electron chi connectivity index (χ3n) is 3.83. The van der Waals surface area contributed by atoms with Gasteiger partial charge in [0.25, 0.3) is 5.91 Å². The first-order valence-corrected chi connectivity index (χ1v) is 8.29. The van der Waals surface area contributed by atoms with Crippen molar-refractivity contribution in [2.45, 2.75) is 6.10 Å². The first-order chi connectivity index (χ1) is 13.2. The van der Waals surface area contributed by atoms with Gasteiger partial charge in [-0.3, -0.25) is 4.79 Å². The molecular weight excluding hydrogens is 340 g/mol. The van der Waals surface area contributed by atoms with Crippen LogP contribution in [0.1, 0.15) is 27.6 Å². The fourth-order valence-corrected chi connectivity index (χ4v) is 2.52. The lowest BCUT2D eigenvalue weighted by Crippen LogP contribution is -2.26. The highest BCUT2D eigenvalue weighted by Crippen LogP contribution is 2.22. The number of para-hydroxylation sites is 1. The SMILES string of the molecule is N#Cc1cccc(C(=O)OC(C(=O)Nc2ccccc2)c2ccccc2)c1. The van der Waals surface area contributed by atoms with Crippen LogP contribution in [0.3, 0.4) is 0 Å². The number of nitrogens with zero attached hydrogens (tertiary/aromatic N) is 1. The molecule has 1 atom stereocenters. The molecule has 0 aliphatic heterocycles. The van der Waals surface area contributed by atoms with Crippen LogP contribution in [-0.2, 0) is 9.53 Å². The molecule has 0 fully saturated rings. The van der Waals surface area contributed by atoms with E-state index in [-0.39, 0.29) is 5.56 Å². The Balaban J connectivity index is 1.85. The molecular formula is C22H16N2O3. The zero-order chi connectivity index (χ0) is 19.1. The topological polar surface area (TPSA) is 79.2 Å². The van der Waals surface area contributed by atoms with Gasteiger partial charge in [-0.15, -0.1) is 0 Å². The smallest absolute Gasteiger partial charge is 0.339 e. The molecule has 0 aliphatic rings. The first-order valence-electron chi connectivity index (χ1n) is 8.29. The van der Waals surface area contributed by atoms with Gasteiger partial charge in [-0.2, -0.15) is 5.26 Å². The average Bonchev–Trinajstić information content (AvgIpc) is 2.73. The maximum atomic E-state index is 12.8. The minimum Gasteiger partial charge on any atom is -0.444 e.